The van der Waals surface area contributed by atoms with Gasteiger partial charge in [-0.15, -0.1) is 35.9 Å². The summed E-state index contributed by atoms with van der Waals surface area (Å²) in [6.45, 7) is 0. The normalized spacial score (nSPS) is 17.2. The van der Waals surface area contributed by atoms with Gasteiger partial charge in [0.2, 0.25) is 0 Å². The molecule has 0 spiro atoms. The molecule has 2 aliphatic rings. The van der Waals surface area contributed by atoms with Crippen molar-refractivity contribution in [2.45, 2.75) is 76.0 Å². The van der Waals surface area contributed by atoms with Crippen molar-refractivity contribution in [1.29, 1.82) is 0 Å². The number of hydrogen-bond acceptors (Lipinski definition) is 1. The molecule has 1 radical (unpaired) electrons. The number of fused-ring (bicyclic) bond motifs is 3. The first-order valence-electron chi connectivity index (χ1n) is 14.4. The summed E-state index contributed by atoms with van der Waals surface area (Å²) in [6, 6.07) is 23.4. The van der Waals surface area contributed by atoms with Gasteiger partial charge < -0.3 is 9.13 Å². The predicted octanol–water partition coefficient (Wildman–Crippen LogP) is 9.08. The zero-order valence-electron chi connectivity index (χ0n) is 22.3. The number of imidazole rings is 1. The topological polar surface area (TPSA) is 22.8 Å². The first-order valence-corrected chi connectivity index (χ1v) is 14.4. The fourth-order valence-electron chi connectivity index (χ4n) is 7.34. The minimum atomic E-state index is 0. The van der Waals surface area contributed by atoms with Crippen LogP contribution in [0.5, 0.6) is 0 Å². The van der Waals surface area contributed by atoms with Gasteiger partial charge in [0.1, 0.15) is 0 Å². The third-order valence-corrected chi connectivity index (χ3v) is 9.13. The summed E-state index contributed by atoms with van der Waals surface area (Å²) in [6.07, 6.45) is 17.5. The third-order valence-electron chi connectivity index (χ3n) is 9.13. The van der Waals surface area contributed by atoms with E-state index >= 15 is 0 Å². The predicted molar refractivity (Wildman–Crippen MR) is 153 cm³/mol. The molecule has 197 valence electrons. The van der Waals surface area contributed by atoms with E-state index in [0.29, 0.717) is 11.8 Å². The van der Waals surface area contributed by atoms with E-state index in [-0.39, 0.29) is 20.1 Å². The molecule has 2 saturated carbocycles. The Balaban J connectivity index is 0.00000264. The first kappa shape index (κ1) is 25.6. The van der Waals surface area contributed by atoms with Gasteiger partial charge in [0, 0.05) is 55.8 Å². The number of nitrogens with zero attached hydrogens (tertiary/aromatic N) is 3. The molecule has 2 aliphatic carbocycles. The summed E-state index contributed by atoms with van der Waals surface area (Å²) in [5.41, 5.74) is 8.22. The average Bonchev–Trinajstić information content (AvgIpc) is 3.57. The Bertz CT molecular complexity index is 1550. The van der Waals surface area contributed by atoms with Crippen molar-refractivity contribution in [1.82, 2.24) is 14.1 Å². The number of para-hydroxylation sites is 1. The van der Waals surface area contributed by atoms with Crippen LogP contribution in [0.2, 0.25) is 0 Å². The molecule has 4 heteroatoms. The van der Waals surface area contributed by atoms with Crippen molar-refractivity contribution in [2.24, 2.45) is 7.05 Å². The number of aryl methyl sites for hydroxylation is 1. The molecule has 0 saturated heterocycles. The summed E-state index contributed by atoms with van der Waals surface area (Å²) >= 11 is 0. The summed E-state index contributed by atoms with van der Waals surface area (Å²) < 4.78 is 4.85. The fraction of sp³-hybridized carbons (Fsp3) is 0.382. The molecule has 0 bridgehead atoms. The smallest absolute Gasteiger partial charge is 0.0732 e. The van der Waals surface area contributed by atoms with Crippen LogP contribution in [0.3, 0.4) is 0 Å². The molecule has 2 aromatic heterocycles. The van der Waals surface area contributed by atoms with Crippen molar-refractivity contribution in [3.05, 3.63) is 84.2 Å². The summed E-state index contributed by atoms with van der Waals surface area (Å²) in [7, 11) is 2.27. The first-order chi connectivity index (χ1) is 18.3. The largest absolute Gasteiger partial charge is 0.342 e. The van der Waals surface area contributed by atoms with Crippen LogP contribution in [0.15, 0.2) is 67.0 Å². The van der Waals surface area contributed by atoms with Crippen LogP contribution < -0.4 is 0 Å². The van der Waals surface area contributed by atoms with E-state index in [1.807, 2.05) is 18.3 Å². The third kappa shape index (κ3) is 4.27. The second-order valence-corrected chi connectivity index (χ2v) is 11.3. The van der Waals surface area contributed by atoms with E-state index in [1.54, 1.807) is 5.56 Å². The Morgan fingerprint density at radius 1 is 0.816 bits per heavy atom. The zero-order chi connectivity index (χ0) is 24.8. The maximum Gasteiger partial charge on any atom is 0.0732 e. The maximum absolute atomic E-state index is 4.87. The van der Waals surface area contributed by atoms with Gasteiger partial charge in [-0.3, -0.25) is 4.98 Å². The van der Waals surface area contributed by atoms with Crippen LogP contribution >= 0.6 is 0 Å². The van der Waals surface area contributed by atoms with Crippen molar-refractivity contribution in [3.8, 4) is 17.1 Å². The van der Waals surface area contributed by atoms with Gasteiger partial charge in [-0.05, 0) is 54.7 Å². The Hall–Kier alpha value is -2.68. The summed E-state index contributed by atoms with van der Waals surface area (Å²) in [5, 5.41) is 2.86. The van der Waals surface area contributed by atoms with E-state index in [0.717, 1.165) is 11.4 Å². The monoisotopic (exact) mass is 679 g/mol. The molecule has 2 heterocycles. The Labute approximate surface area is 239 Å². The maximum atomic E-state index is 4.87. The molecule has 5 aromatic rings. The second-order valence-electron chi connectivity index (χ2n) is 11.3. The van der Waals surface area contributed by atoms with Crippen molar-refractivity contribution >= 4 is 21.8 Å². The van der Waals surface area contributed by atoms with Crippen LogP contribution in [0, 0.1) is 6.07 Å². The quantitative estimate of drug-likeness (QED) is 0.174. The van der Waals surface area contributed by atoms with E-state index in [4.69, 9.17) is 4.98 Å². The minimum absolute atomic E-state index is 0. The van der Waals surface area contributed by atoms with Gasteiger partial charge in [-0.25, -0.2) is 0 Å². The summed E-state index contributed by atoms with van der Waals surface area (Å²) in [5.74, 6) is 2.24. The van der Waals surface area contributed by atoms with Gasteiger partial charge in [0.25, 0.3) is 0 Å². The second kappa shape index (κ2) is 10.8. The molecular formula is C34H36IrN3-. The van der Waals surface area contributed by atoms with Crippen LogP contribution in [0.25, 0.3) is 38.9 Å². The Kier molecular flexibility index (Phi) is 7.29. The van der Waals surface area contributed by atoms with Crippen LogP contribution in [0.4, 0.5) is 0 Å². The van der Waals surface area contributed by atoms with E-state index in [2.05, 4.69) is 70.9 Å². The average molecular weight is 679 g/mol. The molecule has 7 rings (SSSR count). The zero-order valence-corrected chi connectivity index (χ0v) is 24.6. The standard InChI is InChI=1S/C34H36N3.Ir/c1-36-30-20-12-11-19-27(30)31-28(24-13-5-2-6-14-24)23-29(25-15-7-3-8-16-25)32(33(31)36)37-22-21-35-34(37)26-17-9-4-10-18-26;/h4,9-12,17,19-25H,2-3,5-8,13-16H2,1H3;/q-1;. The van der Waals surface area contributed by atoms with Gasteiger partial charge in [-0.2, -0.15) is 0 Å². The van der Waals surface area contributed by atoms with E-state index in [9.17, 15) is 0 Å². The van der Waals surface area contributed by atoms with Crippen molar-refractivity contribution in [3.63, 3.8) is 0 Å². The van der Waals surface area contributed by atoms with Crippen LogP contribution in [0.1, 0.15) is 87.2 Å². The number of rotatable bonds is 4. The van der Waals surface area contributed by atoms with Gasteiger partial charge >= 0.3 is 0 Å². The Morgan fingerprint density at radius 2 is 1.50 bits per heavy atom. The summed E-state index contributed by atoms with van der Waals surface area (Å²) in [4.78, 5) is 4.87. The fourth-order valence-corrected chi connectivity index (χ4v) is 7.34. The molecule has 0 unspecified atom stereocenters. The number of aromatic nitrogens is 3. The molecule has 0 aliphatic heterocycles. The molecule has 38 heavy (non-hydrogen) atoms. The number of hydrogen-bond donors (Lipinski definition) is 0. The van der Waals surface area contributed by atoms with Gasteiger partial charge in [0.05, 0.1) is 17.0 Å². The molecule has 0 N–H and O–H groups in total. The molecule has 3 nitrogen and oxygen atoms in total. The van der Waals surface area contributed by atoms with Crippen LogP contribution in [-0.2, 0) is 27.2 Å². The number of benzene rings is 3. The van der Waals surface area contributed by atoms with Crippen molar-refractivity contribution in [2.75, 3.05) is 0 Å². The molecule has 0 amide bonds. The molecule has 0 atom stereocenters. The van der Waals surface area contributed by atoms with E-state index in [1.165, 1.54) is 97.3 Å². The SMILES string of the molecule is Cn1c2ccccc2c2c(C3CCCCC3)cc(C3CCCCC3)c(-n3ccnc3-c3[c-]cccc3)c21.[Ir]. The molecular weight excluding hydrogens is 643 g/mol. The van der Waals surface area contributed by atoms with Crippen molar-refractivity contribution < 1.29 is 20.1 Å². The molecule has 3 aromatic carbocycles. The Morgan fingerprint density at radius 3 is 2.21 bits per heavy atom. The van der Waals surface area contributed by atoms with Gasteiger partial charge in [0.15, 0.2) is 0 Å². The minimum Gasteiger partial charge on any atom is -0.342 e. The van der Waals surface area contributed by atoms with E-state index < -0.39 is 0 Å². The molecule has 2 fully saturated rings. The van der Waals surface area contributed by atoms with Crippen LogP contribution in [-0.4, -0.2) is 14.1 Å². The van der Waals surface area contributed by atoms with Gasteiger partial charge in [-0.1, -0.05) is 62.8 Å².